The topological polar surface area (TPSA) is 30.7 Å². The third-order valence-electron chi connectivity index (χ3n) is 2.80. The molecule has 3 nitrogen and oxygen atoms in total. The molecule has 0 saturated carbocycles. The zero-order valence-electron chi connectivity index (χ0n) is 10.1. The summed E-state index contributed by atoms with van der Waals surface area (Å²) in [6.45, 7) is 0. The van der Waals surface area contributed by atoms with Crippen molar-refractivity contribution >= 4 is 34.8 Å². The molecule has 3 rings (SSSR count). The van der Waals surface area contributed by atoms with Crippen molar-refractivity contribution in [2.75, 3.05) is 0 Å². The highest BCUT2D eigenvalue weighted by molar-refractivity contribution is 6.35. The SMILES string of the molecule is Clc1ccc(Cl)c(-n2c(Cl)nnc2-c2ccccc2)c1. The van der Waals surface area contributed by atoms with Gasteiger partial charge >= 0.3 is 0 Å². The summed E-state index contributed by atoms with van der Waals surface area (Å²) in [5.74, 6) is 0.611. The fourth-order valence-electron chi connectivity index (χ4n) is 1.91. The van der Waals surface area contributed by atoms with Crippen LogP contribution < -0.4 is 0 Å². The maximum Gasteiger partial charge on any atom is 0.229 e. The molecule has 1 heterocycles. The van der Waals surface area contributed by atoms with Gasteiger partial charge in [0.25, 0.3) is 0 Å². The quantitative estimate of drug-likeness (QED) is 0.671. The predicted octanol–water partition coefficient (Wildman–Crippen LogP) is 4.89. The lowest BCUT2D eigenvalue weighted by atomic mass is 10.2. The summed E-state index contributed by atoms with van der Waals surface area (Å²) in [6.07, 6.45) is 0. The van der Waals surface area contributed by atoms with E-state index < -0.39 is 0 Å². The molecule has 0 atom stereocenters. The maximum absolute atomic E-state index is 6.23. The summed E-state index contributed by atoms with van der Waals surface area (Å²) in [5.41, 5.74) is 1.54. The summed E-state index contributed by atoms with van der Waals surface area (Å²) in [5, 5.41) is 9.34. The lowest BCUT2D eigenvalue weighted by molar-refractivity contribution is 1.06. The van der Waals surface area contributed by atoms with Crippen molar-refractivity contribution in [2.24, 2.45) is 0 Å². The molecule has 0 aliphatic heterocycles. The number of hydrogen-bond acceptors (Lipinski definition) is 2. The van der Waals surface area contributed by atoms with Crippen LogP contribution in [-0.2, 0) is 0 Å². The molecule has 0 aliphatic carbocycles. The first kappa shape index (κ1) is 13.4. The van der Waals surface area contributed by atoms with Gasteiger partial charge in [-0.3, -0.25) is 4.57 Å². The third-order valence-corrected chi connectivity index (χ3v) is 3.60. The summed E-state index contributed by atoms with van der Waals surface area (Å²) < 4.78 is 1.67. The molecule has 0 unspecified atom stereocenters. The van der Waals surface area contributed by atoms with E-state index in [1.807, 2.05) is 30.3 Å². The first-order valence-electron chi connectivity index (χ1n) is 5.78. The van der Waals surface area contributed by atoms with Crippen LogP contribution in [0.15, 0.2) is 48.5 Å². The van der Waals surface area contributed by atoms with Gasteiger partial charge < -0.3 is 0 Å². The second kappa shape index (κ2) is 5.44. The highest BCUT2D eigenvalue weighted by Gasteiger charge is 2.16. The van der Waals surface area contributed by atoms with E-state index in [-0.39, 0.29) is 5.28 Å². The number of benzene rings is 2. The standard InChI is InChI=1S/C14H8Cl3N3/c15-10-6-7-11(16)12(8-10)20-13(18-19-14(20)17)9-4-2-1-3-5-9/h1-8H. The van der Waals surface area contributed by atoms with Gasteiger partial charge in [-0.15, -0.1) is 10.2 Å². The Balaban J connectivity index is 2.24. The smallest absolute Gasteiger partial charge is 0.229 e. The van der Waals surface area contributed by atoms with Crippen LogP contribution in [0.4, 0.5) is 0 Å². The number of aromatic nitrogens is 3. The van der Waals surface area contributed by atoms with Crippen LogP contribution in [-0.4, -0.2) is 14.8 Å². The van der Waals surface area contributed by atoms with Crippen molar-refractivity contribution < 1.29 is 0 Å². The van der Waals surface area contributed by atoms with Gasteiger partial charge in [0.15, 0.2) is 5.82 Å². The van der Waals surface area contributed by atoms with Crippen LogP contribution >= 0.6 is 34.8 Å². The molecule has 0 radical (unpaired) electrons. The van der Waals surface area contributed by atoms with E-state index >= 15 is 0 Å². The van der Waals surface area contributed by atoms with Gasteiger partial charge in [-0.05, 0) is 29.8 Å². The molecular formula is C14H8Cl3N3. The Morgan fingerprint density at radius 2 is 1.60 bits per heavy atom. The molecule has 0 bridgehead atoms. The van der Waals surface area contributed by atoms with Crippen molar-refractivity contribution in [3.05, 3.63) is 63.9 Å². The number of nitrogens with zero attached hydrogens (tertiary/aromatic N) is 3. The summed E-state index contributed by atoms with van der Waals surface area (Å²) in [6, 6.07) is 14.8. The van der Waals surface area contributed by atoms with Crippen molar-refractivity contribution in [2.45, 2.75) is 0 Å². The van der Waals surface area contributed by atoms with Gasteiger partial charge in [0.2, 0.25) is 5.28 Å². The second-order valence-electron chi connectivity index (χ2n) is 4.09. The zero-order chi connectivity index (χ0) is 14.1. The van der Waals surface area contributed by atoms with E-state index in [1.165, 1.54) is 0 Å². The van der Waals surface area contributed by atoms with Gasteiger partial charge in [-0.1, -0.05) is 53.5 Å². The van der Waals surface area contributed by atoms with Crippen LogP contribution in [0.2, 0.25) is 15.3 Å². The van der Waals surface area contributed by atoms with E-state index in [2.05, 4.69) is 10.2 Å². The molecule has 1 aromatic heterocycles. The van der Waals surface area contributed by atoms with Gasteiger partial charge in [-0.25, -0.2) is 0 Å². The van der Waals surface area contributed by atoms with Crippen molar-refractivity contribution in [1.82, 2.24) is 14.8 Å². The lowest BCUT2D eigenvalue weighted by Crippen LogP contribution is -1.98. The van der Waals surface area contributed by atoms with Crippen molar-refractivity contribution in [3.8, 4) is 17.1 Å². The van der Waals surface area contributed by atoms with Crippen molar-refractivity contribution in [1.29, 1.82) is 0 Å². The molecular weight excluding hydrogens is 317 g/mol. The summed E-state index contributed by atoms with van der Waals surface area (Å²) >= 11 is 18.4. The molecule has 6 heteroatoms. The molecule has 0 N–H and O–H groups in total. The molecule has 0 spiro atoms. The largest absolute Gasteiger partial charge is 0.264 e. The highest BCUT2D eigenvalue weighted by Crippen LogP contribution is 2.31. The molecule has 0 amide bonds. The highest BCUT2D eigenvalue weighted by atomic mass is 35.5. The van der Waals surface area contributed by atoms with Gasteiger partial charge in [0, 0.05) is 10.6 Å². The van der Waals surface area contributed by atoms with Crippen molar-refractivity contribution in [3.63, 3.8) is 0 Å². The molecule has 100 valence electrons. The normalized spacial score (nSPS) is 10.8. The monoisotopic (exact) mass is 323 g/mol. The minimum Gasteiger partial charge on any atom is -0.264 e. The Morgan fingerprint density at radius 3 is 2.35 bits per heavy atom. The summed E-state index contributed by atoms with van der Waals surface area (Å²) in [7, 11) is 0. The van der Waals surface area contributed by atoms with E-state index in [9.17, 15) is 0 Å². The number of halogens is 3. The van der Waals surface area contributed by atoms with E-state index in [0.717, 1.165) is 5.56 Å². The Hall–Kier alpha value is -1.55. The van der Waals surface area contributed by atoms with E-state index in [0.29, 0.717) is 21.6 Å². The molecule has 3 aromatic rings. The van der Waals surface area contributed by atoms with Crippen LogP contribution in [0.25, 0.3) is 17.1 Å². The van der Waals surface area contributed by atoms with Crippen LogP contribution in [0, 0.1) is 0 Å². The number of rotatable bonds is 2. The lowest BCUT2D eigenvalue weighted by Gasteiger charge is -2.10. The minimum absolute atomic E-state index is 0.230. The second-order valence-corrected chi connectivity index (χ2v) is 5.27. The van der Waals surface area contributed by atoms with Crippen LogP contribution in [0.5, 0.6) is 0 Å². The van der Waals surface area contributed by atoms with E-state index in [1.54, 1.807) is 22.8 Å². The Bertz CT molecular complexity index is 754. The fourth-order valence-corrected chi connectivity index (χ4v) is 2.49. The van der Waals surface area contributed by atoms with Gasteiger partial charge in [0.05, 0.1) is 10.7 Å². The Morgan fingerprint density at radius 1 is 0.850 bits per heavy atom. The predicted molar refractivity (Wildman–Crippen MR) is 81.8 cm³/mol. The first-order chi connectivity index (χ1) is 9.66. The van der Waals surface area contributed by atoms with E-state index in [4.69, 9.17) is 34.8 Å². The Kier molecular flexibility index (Phi) is 3.66. The minimum atomic E-state index is 0.230. The average molecular weight is 325 g/mol. The number of hydrogen-bond donors (Lipinski definition) is 0. The van der Waals surface area contributed by atoms with Gasteiger partial charge in [-0.2, -0.15) is 0 Å². The Labute approximate surface area is 130 Å². The van der Waals surface area contributed by atoms with Crippen LogP contribution in [0.1, 0.15) is 0 Å². The molecule has 2 aromatic carbocycles. The first-order valence-corrected chi connectivity index (χ1v) is 6.92. The molecule has 0 aliphatic rings. The average Bonchev–Trinajstić information content (AvgIpc) is 2.84. The molecule has 20 heavy (non-hydrogen) atoms. The fraction of sp³-hybridized carbons (Fsp3) is 0. The van der Waals surface area contributed by atoms with Gasteiger partial charge in [0.1, 0.15) is 0 Å². The maximum atomic E-state index is 6.23. The zero-order valence-corrected chi connectivity index (χ0v) is 12.4. The molecule has 0 saturated heterocycles. The third kappa shape index (κ3) is 2.40. The van der Waals surface area contributed by atoms with Crippen LogP contribution in [0.3, 0.4) is 0 Å². The molecule has 0 fully saturated rings. The summed E-state index contributed by atoms with van der Waals surface area (Å²) in [4.78, 5) is 0.